The molecule has 0 N–H and O–H groups in total. The van der Waals surface area contributed by atoms with Crippen molar-refractivity contribution >= 4 is 11.4 Å². The van der Waals surface area contributed by atoms with Crippen LogP contribution in [0.2, 0.25) is 0 Å². The van der Waals surface area contributed by atoms with Crippen molar-refractivity contribution in [3.05, 3.63) is 49.1 Å². The number of aryl methyl sites for hydroxylation is 1. The monoisotopic (exact) mass is 326 g/mol. The summed E-state index contributed by atoms with van der Waals surface area (Å²) in [7, 11) is 0. The molecule has 0 aliphatic carbocycles. The summed E-state index contributed by atoms with van der Waals surface area (Å²) in [6.45, 7) is 5.84. The van der Waals surface area contributed by atoms with Crippen LogP contribution in [0.25, 0.3) is 16.6 Å². The van der Waals surface area contributed by atoms with E-state index in [-0.39, 0.29) is 6.04 Å². The van der Waals surface area contributed by atoms with Crippen LogP contribution in [0.3, 0.4) is 0 Å². The van der Waals surface area contributed by atoms with Crippen LogP contribution in [0.5, 0.6) is 0 Å². The Kier molecular flexibility index (Phi) is 3.19. The summed E-state index contributed by atoms with van der Waals surface area (Å²) in [6.07, 6.45) is 7.11. The van der Waals surface area contributed by atoms with Crippen molar-refractivity contribution in [1.29, 1.82) is 0 Å². The van der Waals surface area contributed by atoms with E-state index >= 15 is 0 Å². The summed E-state index contributed by atoms with van der Waals surface area (Å²) < 4.78 is 16.4. The number of nitrogens with zero attached hydrogens (tertiary/aromatic N) is 6. The van der Waals surface area contributed by atoms with Gasteiger partial charge in [-0.15, -0.1) is 0 Å². The van der Waals surface area contributed by atoms with Gasteiger partial charge in [0.1, 0.15) is 6.33 Å². The Morgan fingerprint density at radius 2 is 2.17 bits per heavy atom. The van der Waals surface area contributed by atoms with Crippen LogP contribution in [0.4, 0.5) is 4.39 Å². The fourth-order valence-electron chi connectivity index (χ4n) is 2.98. The molecule has 24 heavy (non-hydrogen) atoms. The van der Waals surface area contributed by atoms with Gasteiger partial charge in [0.2, 0.25) is 0 Å². The van der Waals surface area contributed by atoms with Gasteiger partial charge >= 0.3 is 0 Å². The molecule has 3 aromatic rings. The predicted octanol–water partition coefficient (Wildman–Crippen LogP) is 1.77. The van der Waals surface area contributed by atoms with E-state index in [1.54, 1.807) is 10.7 Å². The van der Waals surface area contributed by atoms with Crippen molar-refractivity contribution < 1.29 is 9.18 Å². The third-order valence-corrected chi connectivity index (χ3v) is 4.30. The van der Waals surface area contributed by atoms with Crippen molar-refractivity contribution in [1.82, 2.24) is 29.3 Å². The number of hydrogen-bond acceptors (Lipinski definition) is 4. The molecule has 1 saturated heterocycles. The minimum absolute atomic E-state index is 0.0493. The number of aromatic nitrogens is 5. The lowest BCUT2D eigenvalue weighted by molar-refractivity contribution is -0.134. The smallest absolute Gasteiger partial charge is 0.282 e. The van der Waals surface area contributed by atoms with E-state index in [1.807, 2.05) is 30.1 Å². The lowest BCUT2D eigenvalue weighted by Crippen LogP contribution is -2.50. The van der Waals surface area contributed by atoms with Crippen LogP contribution in [0.1, 0.15) is 11.7 Å². The molecule has 4 rings (SSSR count). The minimum atomic E-state index is -0.926. The van der Waals surface area contributed by atoms with Crippen molar-refractivity contribution in [2.75, 3.05) is 13.1 Å². The highest BCUT2D eigenvalue weighted by molar-refractivity contribution is 5.91. The van der Waals surface area contributed by atoms with E-state index in [0.717, 1.165) is 22.3 Å². The molecule has 0 unspecified atom stereocenters. The molecule has 0 radical (unpaired) electrons. The van der Waals surface area contributed by atoms with Gasteiger partial charge in [-0.2, -0.15) is 10.2 Å². The second kappa shape index (κ2) is 5.26. The number of amides is 1. The fraction of sp³-hybridized carbons (Fsp3) is 0.250. The SMILES string of the molecule is C=C(F)C(=O)N1CC(n2cc(-c3ccn4ncnc(C)c34)cn2)C1. The first-order valence-corrected chi connectivity index (χ1v) is 7.51. The normalized spacial score (nSPS) is 14.8. The van der Waals surface area contributed by atoms with E-state index in [4.69, 9.17) is 0 Å². The maximum atomic E-state index is 12.8. The van der Waals surface area contributed by atoms with E-state index in [9.17, 15) is 9.18 Å². The number of rotatable bonds is 3. The first kappa shape index (κ1) is 14.6. The number of halogens is 1. The van der Waals surface area contributed by atoms with Gasteiger partial charge in [0.15, 0.2) is 5.83 Å². The Bertz CT molecular complexity index is 953. The first-order chi connectivity index (χ1) is 11.5. The van der Waals surface area contributed by atoms with Gasteiger partial charge in [0, 0.05) is 36.6 Å². The molecule has 1 aliphatic heterocycles. The Morgan fingerprint density at radius 3 is 2.92 bits per heavy atom. The zero-order valence-electron chi connectivity index (χ0n) is 13.1. The van der Waals surface area contributed by atoms with Crippen molar-refractivity contribution in [2.45, 2.75) is 13.0 Å². The Hall–Kier alpha value is -3.03. The zero-order valence-corrected chi connectivity index (χ0v) is 13.1. The van der Waals surface area contributed by atoms with E-state index in [2.05, 4.69) is 21.8 Å². The predicted molar refractivity (Wildman–Crippen MR) is 84.8 cm³/mol. The third-order valence-electron chi connectivity index (χ3n) is 4.30. The first-order valence-electron chi connectivity index (χ1n) is 7.51. The van der Waals surface area contributed by atoms with Gasteiger partial charge < -0.3 is 4.90 Å². The largest absolute Gasteiger partial charge is 0.332 e. The lowest BCUT2D eigenvalue weighted by atomic mass is 10.1. The topological polar surface area (TPSA) is 68.3 Å². The van der Waals surface area contributed by atoms with Gasteiger partial charge in [0.25, 0.3) is 5.91 Å². The van der Waals surface area contributed by atoms with Crippen molar-refractivity contribution in [2.24, 2.45) is 0 Å². The molecule has 4 heterocycles. The Morgan fingerprint density at radius 1 is 1.38 bits per heavy atom. The van der Waals surface area contributed by atoms with Gasteiger partial charge in [-0.25, -0.2) is 13.9 Å². The number of fused-ring (bicyclic) bond motifs is 1. The fourth-order valence-corrected chi connectivity index (χ4v) is 2.98. The van der Waals surface area contributed by atoms with Crippen molar-refractivity contribution in [3.63, 3.8) is 0 Å². The average molecular weight is 326 g/mol. The summed E-state index contributed by atoms with van der Waals surface area (Å²) in [5.74, 6) is -1.57. The summed E-state index contributed by atoms with van der Waals surface area (Å²) >= 11 is 0. The highest BCUT2D eigenvalue weighted by Gasteiger charge is 2.33. The minimum Gasteiger partial charge on any atom is -0.332 e. The van der Waals surface area contributed by atoms with Crippen LogP contribution >= 0.6 is 0 Å². The average Bonchev–Trinajstić information content (AvgIpc) is 3.12. The number of likely N-dealkylation sites (tertiary alicyclic amines) is 1. The molecule has 122 valence electrons. The highest BCUT2D eigenvalue weighted by Crippen LogP contribution is 2.29. The van der Waals surface area contributed by atoms with Crippen LogP contribution in [0, 0.1) is 6.92 Å². The van der Waals surface area contributed by atoms with Crippen LogP contribution < -0.4 is 0 Å². The molecule has 8 heteroatoms. The second-order valence-electron chi connectivity index (χ2n) is 5.85. The molecule has 1 amide bonds. The molecule has 0 atom stereocenters. The van der Waals surface area contributed by atoms with Gasteiger partial charge in [-0.05, 0) is 13.0 Å². The molecule has 0 saturated carbocycles. The van der Waals surface area contributed by atoms with Gasteiger partial charge in [-0.1, -0.05) is 6.58 Å². The third kappa shape index (κ3) is 2.18. The Balaban J connectivity index is 1.58. The number of carbonyl (C=O) groups excluding carboxylic acids is 1. The Labute approximate surface area is 137 Å². The van der Waals surface area contributed by atoms with Gasteiger partial charge in [0.05, 0.1) is 23.4 Å². The quantitative estimate of drug-likeness (QED) is 0.688. The second-order valence-corrected chi connectivity index (χ2v) is 5.85. The maximum absolute atomic E-state index is 12.8. The highest BCUT2D eigenvalue weighted by atomic mass is 19.1. The lowest BCUT2D eigenvalue weighted by Gasteiger charge is -2.38. The summed E-state index contributed by atoms with van der Waals surface area (Å²) in [6, 6.07) is 2.02. The summed E-state index contributed by atoms with van der Waals surface area (Å²) in [5, 5.41) is 8.58. The van der Waals surface area contributed by atoms with E-state index in [1.165, 1.54) is 11.2 Å². The molecule has 0 spiro atoms. The van der Waals surface area contributed by atoms with E-state index in [0.29, 0.717) is 13.1 Å². The molecule has 1 fully saturated rings. The zero-order chi connectivity index (χ0) is 16.8. The standard InChI is InChI=1S/C16H15FN6O/c1-10(17)16(24)21-7-13(8-21)23-6-12(5-19-23)14-3-4-22-15(14)11(2)18-9-20-22/h3-6,9,13H,1,7-8H2,2H3. The van der Waals surface area contributed by atoms with E-state index < -0.39 is 11.7 Å². The molecule has 1 aliphatic rings. The molecule has 0 aromatic carbocycles. The number of carbonyl (C=O) groups is 1. The van der Waals surface area contributed by atoms with Crippen LogP contribution in [0.15, 0.2) is 43.4 Å². The molecule has 0 bridgehead atoms. The summed E-state index contributed by atoms with van der Waals surface area (Å²) in [5.41, 5.74) is 3.79. The molecular formula is C16H15FN6O. The van der Waals surface area contributed by atoms with Crippen LogP contribution in [-0.2, 0) is 4.79 Å². The maximum Gasteiger partial charge on any atom is 0.282 e. The van der Waals surface area contributed by atoms with Crippen molar-refractivity contribution in [3.8, 4) is 11.1 Å². The van der Waals surface area contributed by atoms with Crippen LogP contribution in [-0.4, -0.2) is 48.3 Å². The molecule has 7 nitrogen and oxygen atoms in total. The number of hydrogen-bond donors (Lipinski definition) is 0. The summed E-state index contributed by atoms with van der Waals surface area (Å²) in [4.78, 5) is 17.1. The molecule has 3 aromatic heterocycles. The molecular weight excluding hydrogens is 311 g/mol. The van der Waals surface area contributed by atoms with Gasteiger partial charge in [-0.3, -0.25) is 9.48 Å².